The van der Waals surface area contributed by atoms with E-state index in [1.165, 1.54) is 0 Å². The highest BCUT2D eigenvalue weighted by atomic mass is 79.9. The van der Waals surface area contributed by atoms with Crippen molar-refractivity contribution in [3.8, 4) is 0 Å². The molecule has 3 rings (SSSR count). The zero-order valence-electron chi connectivity index (χ0n) is 18.9. The Balaban J connectivity index is 1.98. The van der Waals surface area contributed by atoms with Gasteiger partial charge in [0.05, 0.1) is 6.42 Å². The van der Waals surface area contributed by atoms with Gasteiger partial charge in [-0.1, -0.05) is 94.6 Å². The summed E-state index contributed by atoms with van der Waals surface area (Å²) in [5.41, 5.74) is 2.45. The average molecular weight is 562 g/mol. The van der Waals surface area contributed by atoms with Crippen molar-refractivity contribution in [2.24, 2.45) is 0 Å². The molecule has 0 fully saturated rings. The molecular weight excluding hydrogens is 535 g/mol. The number of hydrogen-bond donors (Lipinski definition) is 1. The number of rotatable bonds is 10. The predicted octanol–water partition coefficient (Wildman–Crippen LogP) is 6.46. The summed E-state index contributed by atoms with van der Waals surface area (Å²) in [5.74, 6) is -0.396. The molecule has 1 unspecified atom stereocenters. The quantitative estimate of drug-likeness (QED) is 0.308. The molecular formula is C27H27BrCl2N2O2. The number of nitrogens with zero attached hydrogens (tertiary/aromatic N) is 1. The first-order valence-corrected chi connectivity index (χ1v) is 12.7. The Kier molecular flexibility index (Phi) is 10.00. The van der Waals surface area contributed by atoms with Gasteiger partial charge < -0.3 is 10.2 Å². The van der Waals surface area contributed by atoms with Crippen LogP contribution in [0.1, 0.15) is 30.0 Å². The maximum atomic E-state index is 13.7. The third-order valence-corrected chi connectivity index (χ3v) is 6.71. The van der Waals surface area contributed by atoms with Gasteiger partial charge in [-0.15, -0.1) is 0 Å². The normalized spacial score (nSPS) is 11.6. The largest absolute Gasteiger partial charge is 0.354 e. The van der Waals surface area contributed by atoms with Crippen molar-refractivity contribution in [1.29, 1.82) is 0 Å². The van der Waals surface area contributed by atoms with E-state index in [4.69, 9.17) is 23.2 Å². The molecule has 0 spiro atoms. The fourth-order valence-corrected chi connectivity index (χ4v) is 4.46. The lowest BCUT2D eigenvalue weighted by molar-refractivity contribution is -0.140. The zero-order chi connectivity index (χ0) is 24.5. The lowest BCUT2D eigenvalue weighted by Crippen LogP contribution is -2.51. The van der Waals surface area contributed by atoms with Crippen molar-refractivity contribution < 1.29 is 9.59 Å². The average Bonchev–Trinajstić information content (AvgIpc) is 2.84. The van der Waals surface area contributed by atoms with Crippen LogP contribution in [0.25, 0.3) is 0 Å². The molecule has 178 valence electrons. The van der Waals surface area contributed by atoms with Crippen molar-refractivity contribution in [3.63, 3.8) is 0 Å². The summed E-state index contributed by atoms with van der Waals surface area (Å²) >= 11 is 16.2. The maximum Gasteiger partial charge on any atom is 0.243 e. The summed E-state index contributed by atoms with van der Waals surface area (Å²) in [6, 6.07) is 21.9. The van der Waals surface area contributed by atoms with Crippen molar-refractivity contribution in [2.75, 3.05) is 6.54 Å². The summed E-state index contributed by atoms with van der Waals surface area (Å²) < 4.78 is 0.943. The van der Waals surface area contributed by atoms with E-state index >= 15 is 0 Å². The number of carbonyl (C=O) groups is 2. The van der Waals surface area contributed by atoms with E-state index in [9.17, 15) is 9.59 Å². The molecule has 0 radical (unpaired) electrons. The lowest BCUT2D eigenvalue weighted by Gasteiger charge is -2.32. The first-order valence-electron chi connectivity index (χ1n) is 11.2. The molecule has 3 aromatic rings. The standard InChI is InChI=1S/C27H27BrCl2N2O2/c1-2-15-31-27(34)25(16-19-7-4-3-5-8-19)32(18-20-11-13-21(28)14-12-20)26(33)17-22-23(29)9-6-10-24(22)30/h3-14,25H,2,15-18H2,1H3,(H,31,34). The van der Waals surface area contributed by atoms with Crippen LogP contribution in [0.15, 0.2) is 77.3 Å². The minimum atomic E-state index is -0.689. The number of hydrogen-bond acceptors (Lipinski definition) is 2. The summed E-state index contributed by atoms with van der Waals surface area (Å²) in [6.45, 7) is 2.82. The second kappa shape index (κ2) is 12.9. The summed E-state index contributed by atoms with van der Waals surface area (Å²) in [6.07, 6.45) is 1.20. The second-order valence-corrected chi connectivity index (χ2v) is 9.75. The SMILES string of the molecule is CCCNC(=O)C(Cc1ccccc1)N(Cc1ccc(Br)cc1)C(=O)Cc1c(Cl)cccc1Cl. The Morgan fingerprint density at radius 2 is 1.56 bits per heavy atom. The highest BCUT2D eigenvalue weighted by molar-refractivity contribution is 9.10. The maximum absolute atomic E-state index is 13.7. The van der Waals surface area contributed by atoms with E-state index in [2.05, 4.69) is 21.2 Å². The first-order chi connectivity index (χ1) is 16.4. The van der Waals surface area contributed by atoms with Crippen LogP contribution in [0.2, 0.25) is 10.0 Å². The molecule has 0 aliphatic carbocycles. The molecule has 3 aromatic carbocycles. The van der Waals surface area contributed by atoms with E-state index in [0.29, 0.717) is 28.6 Å². The molecule has 0 saturated carbocycles. The van der Waals surface area contributed by atoms with Crippen LogP contribution >= 0.6 is 39.1 Å². The van der Waals surface area contributed by atoms with Crippen molar-refractivity contribution in [2.45, 2.75) is 38.8 Å². The fourth-order valence-electron chi connectivity index (χ4n) is 3.66. The number of carbonyl (C=O) groups excluding carboxylic acids is 2. The van der Waals surface area contributed by atoms with Gasteiger partial charge in [0.15, 0.2) is 0 Å². The Bertz CT molecular complexity index is 1090. The molecule has 2 amide bonds. The fraction of sp³-hybridized carbons (Fsp3) is 0.259. The molecule has 4 nitrogen and oxygen atoms in total. The molecule has 0 heterocycles. The van der Waals surface area contributed by atoms with Crippen molar-refractivity contribution in [1.82, 2.24) is 10.2 Å². The molecule has 7 heteroatoms. The van der Waals surface area contributed by atoms with Gasteiger partial charge in [-0.05, 0) is 47.4 Å². The second-order valence-electron chi connectivity index (χ2n) is 8.02. The third kappa shape index (κ3) is 7.33. The Labute approximate surface area is 219 Å². The van der Waals surface area contributed by atoms with E-state index in [1.54, 1.807) is 23.1 Å². The van der Waals surface area contributed by atoms with Crippen molar-refractivity contribution in [3.05, 3.63) is 104 Å². The van der Waals surface area contributed by atoms with Crippen LogP contribution in [0.4, 0.5) is 0 Å². The summed E-state index contributed by atoms with van der Waals surface area (Å²) in [7, 11) is 0. The van der Waals surface area contributed by atoms with E-state index < -0.39 is 6.04 Å². The minimum absolute atomic E-state index is 0.00137. The smallest absolute Gasteiger partial charge is 0.243 e. The van der Waals surface area contributed by atoms with Crippen LogP contribution in [0, 0.1) is 0 Å². The lowest BCUT2D eigenvalue weighted by atomic mass is 10.0. The van der Waals surface area contributed by atoms with Gasteiger partial charge in [0.2, 0.25) is 11.8 Å². The Morgan fingerprint density at radius 3 is 2.18 bits per heavy atom. The first kappa shape index (κ1) is 26.3. The monoisotopic (exact) mass is 560 g/mol. The van der Waals surface area contributed by atoms with Crippen LogP contribution in [0.3, 0.4) is 0 Å². The van der Waals surface area contributed by atoms with Crippen LogP contribution < -0.4 is 5.32 Å². The predicted molar refractivity (Wildman–Crippen MR) is 142 cm³/mol. The van der Waals surface area contributed by atoms with Gasteiger partial charge in [0, 0.05) is 34.0 Å². The molecule has 0 aliphatic rings. The molecule has 0 aromatic heterocycles. The van der Waals surface area contributed by atoms with Crippen LogP contribution in [-0.4, -0.2) is 29.3 Å². The highest BCUT2D eigenvalue weighted by Crippen LogP contribution is 2.26. The summed E-state index contributed by atoms with van der Waals surface area (Å²) in [4.78, 5) is 28.7. The molecule has 0 saturated heterocycles. The zero-order valence-corrected chi connectivity index (χ0v) is 22.0. The number of benzene rings is 3. The highest BCUT2D eigenvalue weighted by Gasteiger charge is 2.30. The van der Waals surface area contributed by atoms with Crippen LogP contribution in [-0.2, 0) is 29.0 Å². The van der Waals surface area contributed by atoms with Gasteiger partial charge in [-0.3, -0.25) is 9.59 Å². The van der Waals surface area contributed by atoms with E-state index in [1.807, 2.05) is 61.5 Å². The molecule has 1 atom stereocenters. The number of halogens is 3. The van der Waals surface area contributed by atoms with Gasteiger partial charge in [0.25, 0.3) is 0 Å². The molecule has 0 aliphatic heterocycles. The number of nitrogens with one attached hydrogen (secondary N) is 1. The van der Waals surface area contributed by atoms with Crippen molar-refractivity contribution >= 4 is 50.9 Å². The molecule has 34 heavy (non-hydrogen) atoms. The van der Waals surface area contributed by atoms with E-state index in [-0.39, 0.29) is 24.8 Å². The molecule has 1 N–H and O–H groups in total. The van der Waals surface area contributed by atoms with E-state index in [0.717, 1.165) is 22.0 Å². The topological polar surface area (TPSA) is 49.4 Å². The Hall–Kier alpha value is -2.34. The summed E-state index contributed by atoms with van der Waals surface area (Å²) in [5, 5.41) is 3.84. The number of amides is 2. The van der Waals surface area contributed by atoms with Gasteiger partial charge in [-0.25, -0.2) is 0 Å². The minimum Gasteiger partial charge on any atom is -0.354 e. The Morgan fingerprint density at radius 1 is 0.912 bits per heavy atom. The van der Waals surface area contributed by atoms with Gasteiger partial charge in [0.1, 0.15) is 6.04 Å². The van der Waals surface area contributed by atoms with Gasteiger partial charge in [-0.2, -0.15) is 0 Å². The van der Waals surface area contributed by atoms with Gasteiger partial charge >= 0.3 is 0 Å². The molecule has 0 bridgehead atoms. The van der Waals surface area contributed by atoms with Crippen LogP contribution in [0.5, 0.6) is 0 Å². The third-order valence-electron chi connectivity index (χ3n) is 5.48.